The van der Waals surface area contributed by atoms with E-state index >= 15 is 0 Å². The van der Waals surface area contributed by atoms with Gasteiger partial charge in [-0.25, -0.2) is 9.59 Å². The maximum atomic E-state index is 13.0. The Balaban J connectivity index is 1.76. The molecule has 5 nitrogen and oxygen atoms in total. The Hall–Kier alpha value is -2.82. The zero-order valence-corrected chi connectivity index (χ0v) is 21.0. The first kappa shape index (κ1) is 25.8. The van der Waals surface area contributed by atoms with Crippen LogP contribution in [-0.2, 0) is 27.1 Å². The van der Waals surface area contributed by atoms with Crippen molar-refractivity contribution in [3.05, 3.63) is 71.8 Å². The average Bonchev–Trinajstić information content (AvgIpc) is 2.82. The number of hydrogen-bond acceptors (Lipinski definition) is 4. The van der Waals surface area contributed by atoms with Crippen molar-refractivity contribution in [2.45, 2.75) is 84.0 Å². The second-order valence-corrected chi connectivity index (χ2v) is 10.4. The van der Waals surface area contributed by atoms with E-state index in [0.717, 1.165) is 32.1 Å². The molecular formula is C29H39NO4. The van der Waals surface area contributed by atoms with Crippen LogP contribution in [0.2, 0.25) is 0 Å². The number of benzene rings is 2. The molecule has 1 saturated heterocycles. The van der Waals surface area contributed by atoms with Gasteiger partial charge < -0.3 is 14.8 Å². The third-order valence-electron chi connectivity index (χ3n) is 6.50. The van der Waals surface area contributed by atoms with Gasteiger partial charge in [0, 0.05) is 0 Å². The van der Waals surface area contributed by atoms with Gasteiger partial charge in [0.25, 0.3) is 0 Å². The largest absolute Gasteiger partial charge is 0.461 e. The van der Waals surface area contributed by atoms with Gasteiger partial charge >= 0.3 is 12.1 Å². The van der Waals surface area contributed by atoms with Crippen LogP contribution in [0.3, 0.4) is 0 Å². The maximum absolute atomic E-state index is 13.0. The van der Waals surface area contributed by atoms with Crippen molar-refractivity contribution in [2.75, 3.05) is 0 Å². The molecular weight excluding hydrogens is 426 g/mol. The number of alkyl carbamates (subject to hydrolysis) is 1. The van der Waals surface area contributed by atoms with Crippen LogP contribution < -0.4 is 5.32 Å². The van der Waals surface area contributed by atoms with Crippen LogP contribution in [0.15, 0.2) is 60.7 Å². The number of cyclic esters (lactones) is 1. The van der Waals surface area contributed by atoms with Gasteiger partial charge in [0.05, 0.1) is 0 Å². The van der Waals surface area contributed by atoms with Crippen LogP contribution in [0, 0.1) is 11.8 Å². The summed E-state index contributed by atoms with van der Waals surface area (Å²) in [5, 5.41) is 2.74. The molecule has 1 N–H and O–H groups in total. The van der Waals surface area contributed by atoms with E-state index in [1.54, 1.807) is 0 Å². The van der Waals surface area contributed by atoms with Crippen molar-refractivity contribution in [2.24, 2.45) is 11.8 Å². The summed E-state index contributed by atoms with van der Waals surface area (Å²) in [5.74, 6) is 0.238. The molecule has 2 aromatic carbocycles. The van der Waals surface area contributed by atoms with Crippen molar-refractivity contribution in [1.29, 1.82) is 0 Å². The summed E-state index contributed by atoms with van der Waals surface area (Å²) in [6.45, 7) is 7.42. The Labute approximate surface area is 204 Å². The lowest BCUT2D eigenvalue weighted by molar-refractivity contribution is -0.154. The second-order valence-electron chi connectivity index (χ2n) is 10.4. The summed E-state index contributed by atoms with van der Waals surface area (Å²) in [6.07, 6.45) is 4.36. The fourth-order valence-corrected chi connectivity index (χ4v) is 4.85. The van der Waals surface area contributed by atoms with Crippen molar-refractivity contribution >= 4 is 12.1 Å². The highest BCUT2D eigenvalue weighted by molar-refractivity contribution is 5.81. The van der Waals surface area contributed by atoms with Gasteiger partial charge in [0.2, 0.25) is 0 Å². The fraction of sp³-hybridized carbons (Fsp3) is 0.517. The first-order valence-electron chi connectivity index (χ1n) is 12.5. The number of ether oxygens (including phenoxy) is 2. The average molecular weight is 466 g/mol. The molecule has 184 valence electrons. The molecule has 1 fully saturated rings. The molecule has 1 amide bonds. The summed E-state index contributed by atoms with van der Waals surface area (Å²) in [7, 11) is 0. The third kappa shape index (κ3) is 8.19. The quantitative estimate of drug-likeness (QED) is 0.523. The zero-order chi connectivity index (χ0) is 24.6. The van der Waals surface area contributed by atoms with Gasteiger partial charge in [-0.1, -0.05) is 67.1 Å². The van der Waals surface area contributed by atoms with Gasteiger partial charge in [0.15, 0.2) is 0 Å². The van der Waals surface area contributed by atoms with Crippen molar-refractivity contribution in [3.8, 4) is 0 Å². The molecule has 34 heavy (non-hydrogen) atoms. The van der Waals surface area contributed by atoms with E-state index in [1.165, 1.54) is 11.1 Å². The number of carbonyl (C=O) groups excluding carboxylic acids is 2. The molecule has 3 rings (SSSR count). The minimum Gasteiger partial charge on any atom is -0.461 e. The van der Waals surface area contributed by atoms with Gasteiger partial charge in [-0.3, -0.25) is 0 Å². The second kappa shape index (κ2) is 12.0. The lowest BCUT2D eigenvalue weighted by Gasteiger charge is -2.31. The molecule has 0 aliphatic carbocycles. The monoisotopic (exact) mass is 465 g/mol. The molecule has 4 unspecified atom stereocenters. The van der Waals surface area contributed by atoms with Crippen LogP contribution in [0.4, 0.5) is 4.79 Å². The first-order chi connectivity index (χ1) is 16.2. The number of carbonyl (C=O) groups is 2. The summed E-state index contributed by atoms with van der Waals surface area (Å²) in [5.41, 5.74) is 1.98. The number of hydrogen-bond donors (Lipinski definition) is 1. The van der Waals surface area contributed by atoms with Gasteiger partial charge in [0.1, 0.15) is 17.7 Å². The summed E-state index contributed by atoms with van der Waals surface area (Å²) >= 11 is 0. The first-order valence-corrected chi connectivity index (χ1v) is 12.5. The Kier molecular flexibility index (Phi) is 9.14. The third-order valence-corrected chi connectivity index (χ3v) is 6.50. The van der Waals surface area contributed by atoms with E-state index in [4.69, 9.17) is 9.47 Å². The van der Waals surface area contributed by atoms with Crippen LogP contribution in [0.1, 0.15) is 64.5 Å². The van der Waals surface area contributed by atoms with E-state index in [9.17, 15) is 9.59 Å². The molecule has 0 saturated carbocycles. The predicted molar refractivity (Wildman–Crippen MR) is 134 cm³/mol. The van der Waals surface area contributed by atoms with E-state index in [2.05, 4.69) is 53.8 Å². The Morgan fingerprint density at radius 2 is 1.62 bits per heavy atom. The predicted octanol–water partition coefficient (Wildman–Crippen LogP) is 6.10. The zero-order valence-electron chi connectivity index (χ0n) is 21.0. The van der Waals surface area contributed by atoms with Crippen molar-refractivity contribution < 1.29 is 19.1 Å². The Morgan fingerprint density at radius 1 is 1.00 bits per heavy atom. The minimum absolute atomic E-state index is 0.227. The highest BCUT2D eigenvalue weighted by atomic mass is 16.6. The lowest BCUT2D eigenvalue weighted by atomic mass is 9.77. The minimum atomic E-state index is -0.692. The van der Waals surface area contributed by atoms with Crippen molar-refractivity contribution in [1.82, 2.24) is 5.32 Å². The SMILES string of the molecule is CC1OC(=O)C(NC(=O)OC(C)(C)C)CCCC(Cc2ccccc2)C1CCc1ccccc1. The van der Waals surface area contributed by atoms with Crippen LogP contribution >= 0.6 is 0 Å². The standard InChI is InChI=1S/C29H39NO4/c1-21-25(19-18-22-12-7-5-8-13-22)24(20-23-14-9-6-10-15-23)16-11-17-26(27(31)33-21)30-28(32)34-29(2,3)4/h5-10,12-15,21,24-26H,11,16-20H2,1-4H3,(H,30,32). The maximum Gasteiger partial charge on any atom is 0.408 e. The highest BCUT2D eigenvalue weighted by Crippen LogP contribution is 2.33. The van der Waals surface area contributed by atoms with E-state index in [-0.39, 0.29) is 18.0 Å². The smallest absolute Gasteiger partial charge is 0.408 e. The fourth-order valence-electron chi connectivity index (χ4n) is 4.85. The van der Waals surface area contributed by atoms with Crippen LogP contribution in [0.25, 0.3) is 0 Å². The molecule has 0 bridgehead atoms. The molecule has 2 aromatic rings. The molecule has 0 radical (unpaired) electrons. The molecule has 1 aliphatic rings. The molecule has 0 aromatic heterocycles. The van der Waals surface area contributed by atoms with Crippen LogP contribution in [-0.4, -0.2) is 29.8 Å². The summed E-state index contributed by atoms with van der Waals surface area (Å²) in [6, 6.07) is 20.3. The van der Waals surface area contributed by atoms with E-state index < -0.39 is 17.7 Å². The molecule has 0 spiro atoms. The summed E-state index contributed by atoms with van der Waals surface area (Å²) in [4.78, 5) is 25.3. The Bertz CT molecular complexity index is 907. The number of aryl methyl sites for hydroxylation is 1. The van der Waals surface area contributed by atoms with Crippen LogP contribution in [0.5, 0.6) is 0 Å². The normalized spacial score (nSPS) is 23.7. The van der Waals surface area contributed by atoms with Crippen molar-refractivity contribution in [3.63, 3.8) is 0 Å². The lowest BCUT2D eigenvalue weighted by Crippen LogP contribution is -2.45. The number of nitrogens with one attached hydrogen (secondary N) is 1. The topological polar surface area (TPSA) is 64.6 Å². The van der Waals surface area contributed by atoms with Gasteiger partial charge in [-0.15, -0.1) is 0 Å². The highest BCUT2D eigenvalue weighted by Gasteiger charge is 2.34. The number of amides is 1. The van der Waals surface area contributed by atoms with Gasteiger partial charge in [-0.2, -0.15) is 0 Å². The molecule has 1 heterocycles. The van der Waals surface area contributed by atoms with E-state index in [1.807, 2.05) is 39.8 Å². The summed E-state index contributed by atoms with van der Waals surface area (Å²) < 4.78 is 11.3. The molecule has 5 heteroatoms. The molecule has 1 aliphatic heterocycles. The van der Waals surface area contributed by atoms with E-state index in [0.29, 0.717) is 12.3 Å². The Morgan fingerprint density at radius 3 is 2.24 bits per heavy atom. The number of esters is 1. The number of rotatable bonds is 6. The molecule has 4 atom stereocenters. The van der Waals surface area contributed by atoms with Gasteiger partial charge in [-0.05, 0) is 82.8 Å².